The number of phenols is 2. The van der Waals surface area contributed by atoms with Gasteiger partial charge >= 0.3 is 5.97 Å². The molecule has 0 bridgehead atoms. The summed E-state index contributed by atoms with van der Waals surface area (Å²) in [7, 11) is 1.70. The minimum Gasteiger partial charge on any atom is -0.504 e. The summed E-state index contributed by atoms with van der Waals surface area (Å²) in [6.07, 6.45) is 11.2. The number of carbonyl (C=O) groups excluding carboxylic acids is 2. The van der Waals surface area contributed by atoms with E-state index in [0.717, 1.165) is 38.0 Å². The number of fused-ring (bicyclic) bond motifs is 5. The van der Waals surface area contributed by atoms with Crippen molar-refractivity contribution in [2.45, 2.75) is 136 Å². The lowest BCUT2D eigenvalue weighted by atomic mass is 9.48. The number of hydrogen-bond donors (Lipinski definition) is 8. The molecule has 13 heteroatoms. The summed E-state index contributed by atoms with van der Waals surface area (Å²) in [6, 6.07) is 12.6. The first-order valence-electron chi connectivity index (χ1n) is 22.0. The Labute approximate surface area is 363 Å². The van der Waals surface area contributed by atoms with Gasteiger partial charge in [0.15, 0.2) is 11.5 Å². The molecule has 340 valence electrons. The van der Waals surface area contributed by atoms with E-state index in [4.69, 9.17) is 25.4 Å². The monoisotopic (exact) mass is 851 g/mol. The molecule has 13 nitrogen and oxygen atoms in total. The smallest absolute Gasteiger partial charge is 0.323 e. The summed E-state index contributed by atoms with van der Waals surface area (Å²) in [4.78, 5) is 35.6. The van der Waals surface area contributed by atoms with Crippen LogP contribution in [0.3, 0.4) is 0 Å². The number of rotatable bonds is 13. The fourth-order valence-corrected chi connectivity index (χ4v) is 9.99. The standard InChI is InChI=1S/C23H36N2O2.C15H25NO3.C10H13NO4/c1-21(2,3)25-20(27)17-8-7-15-14-6-9-18-23(5,13-11-19(26)24-18)16(14)10-12-22(15,17)4;1-12(2)16-10-14(17)11-19-15-6-4-13(5-7-15)8-9-18-3;1-10(11,9(14)15)5-6-2-3-7(12)8(13)4-6/h11,13-18H,6-10,12H2,1-5H3,(H,24,26)(H,25,27);4-7,12,14,16-17H,8-11H2,1-3H3;2-4,12-13H,5,11H2,1H3,(H,14,15)/t14-,15-,16-,17+,18+,22-,23+;;10-/m0.0/s1. The van der Waals surface area contributed by atoms with Crippen molar-refractivity contribution in [2.24, 2.45) is 40.2 Å². The minimum absolute atomic E-state index is 0.0661. The predicted molar refractivity (Wildman–Crippen MR) is 237 cm³/mol. The first-order valence-corrected chi connectivity index (χ1v) is 22.0. The molecule has 0 spiro atoms. The van der Waals surface area contributed by atoms with Crippen molar-refractivity contribution in [3.63, 3.8) is 0 Å². The number of ether oxygens (including phenoxy) is 2. The number of benzene rings is 2. The molecule has 3 fully saturated rings. The number of aromatic hydroxyl groups is 2. The van der Waals surface area contributed by atoms with Gasteiger partial charge in [0.25, 0.3) is 0 Å². The van der Waals surface area contributed by atoms with Crippen LogP contribution in [0.1, 0.15) is 105 Å². The Bertz CT molecular complexity index is 1810. The maximum absolute atomic E-state index is 13.0. The summed E-state index contributed by atoms with van der Waals surface area (Å²) in [5.74, 6) is 1.55. The molecule has 2 aromatic rings. The Kier molecular flexibility index (Phi) is 16.9. The molecule has 9 N–H and O–H groups in total. The average molecular weight is 851 g/mol. The van der Waals surface area contributed by atoms with E-state index in [1.807, 2.05) is 38.1 Å². The zero-order valence-corrected chi connectivity index (χ0v) is 37.9. The molecule has 2 amide bonds. The molecule has 0 aromatic heterocycles. The van der Waals surface area contributed by atoms with Gasteiger partial charge in [0, 0.05) is 49.0 Å². The molecule has 3 aliphatic carbocycles. The number of carboxylic acid groups (broad SMARTS) is 1. The lowest BCUT2D eigenvalue weighted by molar-refractivity contribution is -0.142. The van der Waals surface area contributed by atoms with Crippen molar-refractivity contribution < 1.29 is 44.3 Å². The average Bonchev–Trinajstić information content (AvgIpc) is 3.55. The third-order valence-corrected chi connectivity index (χ3v) is 13.3. The van der Waals surface area contributed by atoms with E-state index in [0.29, 0.717) is 42.5 Å². The SMILES string of the molecule is CC(C)(C)NC(=O)[C@H]1CC[C@H]2[C@@H]3CC[C@H]4NC(=O)C=C[C@]4(C)[C@H]3CC[C@]12C.COCCc1ccc(OCC(O)CNC(C)C)cc1.C[C@](N)(Cc1ccc(O)c(O)c1)C(=O)O. The largest absolute Gasteiger partial charge is 0.504 e. The molecule has 1 heterocycles. The van der Waals surface area contributed by atoms with Crippen LogP contribution < -0.4 is 26.4 Å². The van der Waals surface area contributed by atoms with Crippen molar-refractivity contribution in [2.75, 3.05) is 26.9 Å². The van der Waals surface area contributed by atoms with Crippen LogP contribution in [0.5, 0.6) is 17.2 Å². The van der Waals surface area contributed by atoms with Gasteiger partial charge in [-0.2, -0.15) is 0 Å². The highest BCUT2D eigenvalue weighted by atomic mass is 16.5. The number of amides is 2. The van der Waals surface area contributed by atoms with Gasteiger partial charge in [0.2, 0.25) is 11.8 Å². The quantitative estimate of drug-likeness (QED) is 0.112. The van der Waals surface area contributed by atoms with Crippen molar-refractivity contribution in [3.8, 4) is 17.2 Å². The molecule has 4 aliphatic rings. The van der Waals surface area contributed by atoms with Crippen molar-refractivity contribution in [1.29, 1.82) is 0 Å². The van der Waals surface area contributed by atoms with Crippen molar-refractivity contribution >= 4 is 17.8 Å². The first kappa shape index (κ1) is 49.5. The zero-order valence-electron chi connectivity index (χ0n) is 37.9. The highest BCUT2D eigenvalue weighted by Gasteiger charge is 2.61. The maximum atomic E-state index is 13.0. The molecule has 2 aromatic carbocycles. The van der Waals surface area contributed by atoms with Crippen molar-refractivity contribution in [3.05, 3.63) is 65.7 Å². The summed E-state index contributed by atoms with van der Waals surface area (Å²) in [5.41, 5.74) is 5.96. The van der Waals surface area contributed by atoms with Gasteiger partial charge < -0.3 is 51.6 Å². The van der Waals surface area contributed by atoms with Crippen LogP contribution in [0.2, 0.25) is 0 Å². The third-order valence-electron chi connectivity index (χ3n) is 13.3. The van der Waals surface area contributed by atoms with E-state index in [1.54, 1.807) is 13.2 Å². The molecular weight excluding hydrogens is 777 g/mol. The summed E-state index contributed by atoms with van der Waals surface area (Å²) < 4.78 is 10.6. The molecular formula is C48H74N4O9. The number of aliphatic hydroxyl groups excluding tert-OH is 1. The Balaban J connectivity index is 0.000000213. The zero-order chi connectivity index (χ0) is 45.3. The van der Waals surface area contributed by atoms with E-state index in [1.165, 1.54) is 49.9 Å². The fourth-order valence-electron chi connectivity index (χ4n) is 9.99. The van der Waals surface area contributed by atoms with Crippen LogP contribution in [0.4, 0.5) is 0 Å². The number of phenolic OH excluding ortho intramolecular Hbond substituents is 2. The van der Waals surface area contributed by atoms with Crippen LogP contribution in [0.15, 0.2) is 54.6 Å². The second-order valence-electron chi connectivity index (χ2n) is 19.8. The number of methoxy groups -OCH3 is 1. The van der Waals surface area contributed by atoms with Crippen LogP contribution >= 0.6 is 0 Å². The third kappa shape index (κ3) is 13.2. The molecule has 61 heavy (non-hydrogen) atoms. The van der Waals surface area contributed by atoms with Crippen molar-refractivity contribution in [1.82, 2.24) is 16.0 Å². The molecule has 0 radical (unpaired) electrons. The van der Waals surface area contributed by atoms with E-state index in [-0.39, 0.29) is 58.1 Å². The van der Waals surface area contributed by atoms with Crippen LogP contribution in [0.25, 0.3) is 0 Å². The van der Waals surface area contributed by atoms with Gasteiger partial charge in [-0.15, -0.1) is 0 Å². The molecule has 1 unspecified atom stereocenters. The number of carbonyl (C=O) groups is 3. The van der Waals surface area contributed by atoms with E-state index >= 15 is 0 Å². The minimum atomic E-state index is -1.39. The van der Waals surface area contributed by atoms with Gasteiger partial charge in [-0.3, -0.25) is 14.4 Å². The second kappa shape index (κ2) is 20.8. The molecule has 0 saturated heterocycles. The highest BCUT2D eigenvalue weighted by Crippen LogP contribution is 2.65. The highest BCUT2D eigenvalue weighted by molar-refractivity contribution is 5.89. The molecule has 9 atom stereocenters. The molecule has 1 aliphatic heterocycles. The Morgan fingerprint density at radius 3 is 2.23 bits per heavy atom. The van der Waals surface area contributed by atoms with Crippen LogP contribution in [-0.2, 0) is 32.0 Å². The first-order chi connectivity index (χ1) is 28.5. The van der Waals surface area contributed by atoms with E-state index in [2.05, 4.69) is 56.6 Å². The lowest BCUT2D eigenvalue weighted by Crippen LogP contribution is -2.59. The number of aliphatic carboxylic acids is 1. The normalized spacial score (nSPS) is 27.9. The Morgan fingerprint density at radius 1 is 0.951 bits per heavy atom. The summed E-state index contributed by atoms with van der Waals surface area (Å²) >= 11 is 0. The van der Waals surface area contributed by atoms with Gasteiger partial charge in [-0.05, 0) is 137 Å². The topological polar surface area (TPSA) is 213 Å². The van der Waals surface area contributed by atoms with Crippen LogP contribution in [-0.4, -0.2) is 94.3 Å². The number of hydrogen-bond acceptors (Lipinski definition) is 10. The molecule has 6 rings (SSSR count). The van der Waals surface area contributed by atoms with E-state index in [9.17, 15) is 24.6 Å². The van der Waals surface area contributed by atoms with Gasteiger partial charge in [0.05, 0.1) is 6.61 Å². The number of nitrogens with one attached hydrogen (secondary N) is 3. The number of aliphatic hydroxyl groups is 1. The fraction of sp³-hybridized carbons (Fsp3) is 0.646. The summed E-state index contributed by atoms with van der Waals surface area (Å²) in [5, 5.41) is 46.4. The van der Waals surface area contributed by atoms with Gasteiger partial charge in [0.1, 0.15) is 24.0 Å². The summed E-state index contributed by atoms with van der Waals surface area (Å²) in [6.45, 7) is 18.0. The molecule has 3 saturated carbocycles. The predicted octanol–water partition coefficient (Wildman–Crippen LogP) is 5.87. The van der Waals surface area contributed by atoms with Gasteiger partial charge in [-0.1, -0.05) is 52.0 Å². The lowest BCUT2D eigenvalue weighted by Gasteiger charge is -2.58. The van der Waals surface area contributed by atoms with Crippen LogP contribution in [0, 0.1) is 34.5 Å². The maximum Gasteiger partial charge on any atom is 0.323 e. The number of nitrogens with two attached hydrogens (primary N) is 1. The Hall–Kier alpha value is -4.17. The number of carboxylic acids is 1. The Morgan fingerprint density at radius 2 is 1.62 bits per heavy atom. The van der Waals surface area contributed by atoms with Gasteiger partial charge in [-0.25, -0.2) is 0 Å². The second-order valence-corrected chi connectivity index (χ2v) is 19.8. The van der Waals surface area contributed by atoms with E-state index < -0.39 is 17.6 Å².